The van der Waals surface area contributed by atoms with Crippen molar-refractivity contribution in [3.05, 3.63) is 89.7 Å². The number of aromatic nitrogens is 1. The summed E-state index contributed by atoms with van der Waals surface area (Å²) in [5, 5.41) is 0. The molecule has 0 aliphatic carbocycles. The van der Waals surface area contributed by atoms with Gasteiger partial charge in [0.05, 0.1) is 12.2 Å². The number of benzene rings is 2. The summed E-state index contributed by atoms with van der Waals surface area (Å²) >= 11 is 0. The van der Waals surface area contributed by atoms with E-state index in [0.29, 0.717) is 24.6 Å². The number of carbonyl (C=O) groups excluding carboxylic acids is 1. The largest absolute Gasteiger partial charge is 0.454 e. The van der Waals surface area contributed by atoms with E-state index < -0.39 is 6.10 Å². The number of para-hydroxylation sites is 1. The van der Waals surface area contributed by atoms with Gasteiger partial charge in [0, 0.05) is 25.4 Å². The molecule has 3 aromatic rings. The van der Waals surface area contributed by atoms with E-state index in [-0.39, 0.29) is 12.7 Å². The van der Waals surface area contributed by atoms with E-state index in [4.69, 9.17) is 14.2 Å². The molecule has 4 rings (SSSR count). The fourth-order valence-corrected chi connectivity index (χ4v) is 3.39. The molecule has 0 bridgehead atoms. The molecule has 0 unspecified atom stereocenters. The van der Waals surface area contributed by atoms with E-state index in [1.54, 1.807) is 18.2 Å². The topological polar surface area (TPSA) is 60.9 Å². The Balaban J connectivity index is 1.65. The normalized spacial score (nSPS) is 13.1. The van der Waals surface area contributed by atoms with Crippen molar-refractivity contribution in [3.8, 4) is 11.5 Å². The third-order valence-electron chi connectivity index (χ3n) is 4.79. The lowest BCUT2D eigenvalue weighted by Crippen LogP contribution is -2.35. The van der Waals surface area contributed by atoms with Gasteiger partial charge in [-0.1, -0.05) is 48.5 Å². The van der Waals surface area contributed by atoms with Gasteiger partial charge in [0.1, 0.15) is 0 Å². The second-order valence-corrected chi connectivity index (χ2v) is 6.69. The van der Waals surface area contributed by atoms with Gasteiger partial charge in [0.15, 0.2) is 17.6 Å². The Morgan fingerprint density at radius 2 is 1.86 bits per heavy atom. The molecule has 0 saturated heterocycles. The van der Waals surface area contributed by atoms with Crippen molar-refractivity contribution in [3.63, 3.8) is 0 Å². The first-order chi connectivity index (χ1) is 14.3. The third kappa shape index (κ3) is 4.22. The van der Waals surface area contributed by atoms with Gasteiger partial charge in [-0.25, -0.2) is 0 Å². The van der Waals surface area contributed by atoms with Crippen molar-refractivity contribution in [1.82, 2.24) is 9.88 Å². The fourth-order valence-electron chi connectivity index (χ4n) is 3.39. The molecule has 1 amide bonds. The van der Waals surface area contributed by atoms with Crippen molar-refractivity contribution >= 4 is 5.91 Å². The first-order valence-corrected chi connectivity index (χ1v) is 9.40. The quantitative estimate of drug-likeness (QED) is 0.615. The first kappa shape index (κ1) is 19.0. The predicted molar refractivity (Wildman–Crippen MR) is 107 cm³/mol. The Labute approximate surface area is 169 Å². The number of fused-ring (bicyclic) bond motifs is 1. The second kappa shape index (κ2) is 8.75. The van der Waals surface area contributed by atoms with Gasteiger partial charge in [0.25, 0.3) is 5.91 Å². The number of hydrogen-bond donors (Lipinski definition) is 0. The number of hydrogen-bond acceptors (Lipinski definition) is 5. The van der Waals surface area contributed by atoms with Crippen LogP contribution in [0.1, 0.15) is 22.9 Å². The molecule has 0 N–H and O–H groups in total. The summed E-state index contributed by atoms with van der Waals surface area (Å²) < 4.78 is 16.7. The van der Waals surface area contributed by atoms with E-state index in [9.17, 15) is 4.79 Å². The van der Waals surface area contributed by atoms with Crippen LogP contribution in [0.2, 0.25) is 0 Å². The first-order valence-electron chi connectivity index (χ1n) is 9.40. The Bertz CT molecular complexity index is 963. The maximum atomic E-state index is 13.5. The zero-order valence-corrected chi connectivity index (χ0v) is 16.2. The standard InChI is InChI=1S/C23H22N2O4/c1-27-22(17-8-3-2-4-9-17)23(26)25(15-19-11-5-6-13-24-19)14-18-10-7-12-20-21(18)29-16-28-20/h2-13,22H,14-16H2,1H3/t22-/m1/s1. The van der Waals surface area contributed by atoms with Gasteiger partial charge in [0.2, 0.25) is 6.79 Å². The van der Waals surface area contributed by atoms with Crippen LogP contribution in [0, 0.1) is 0 Å². The van der Waals surface area contributed by atoms with Crippen LogP contribution >= 0.6 is 0 Å². The average Bonchev–Trinajstić information content (AvgIpc) is 3.25. The Kier molecular flexibility index (Phi) is 5.72. The van der Waals surface area contributed by atoms with Gasteiger partial charge in [-0.05, 0) is 23.8 Å². The van der Waals surface area contributed by atoms with Gasteiger partial charge in [-0.15, -0.1) is 0 Å². The van der Waals surface area contributed by atoms with E-state index in [2.05, 4.69) is 4.98 Å². The minimum absolute atomic E-state index is 0.138. The molecule has 0 fully saturated rings. The third-order valence-corrected chi connectivity index (χ3v) is 4.79. The number of amides is 1. The van der Waals surface area contributed by atoms with Gasteiger partial charge < -0.3 is 19.1 Å². The molecule has 2 aromatic carbocycles. The summed E-state index contributed by atoms with van der Waals surface area (Å²) in [4.78, 5) is 19.6. The van der Waals surface area contributed by atoms with Crippen LogP contribution < -0.4 is 9.47 Å². The molecule has 0 saturated carbocycles. The molecule has 0 spiro atoms. The van der Waals surface area contributed by atoms with Crippen LogP contribution in [-0.2, 0) is 22.6 Å². The summed E-state index contributed by atoms with van der Waals surface area (Å²) in [6.45, 7) is 0.900. The lowest BCUT2D eigenvalue weighted by atomic mass is 10.1. The number of ether oxygens (including phenoxy) is 3. The highest BCUT2D eigenvalue weighted by atomic mass is 16.7. The van der Waals surface area contributed by atoms with Crippen molar-refractivity contribution in [2.75, 3.05) is 13.9 Å². The highest BCUT2D eigenvalue weighted by Crippen LogP contribution is 2.36. The van der Waals surface area contributed by atoms with Crippen molar-refractivity contribution in [1.29, 1.82) is 0 Å². The molecule has 1 atom stereocenters. The monoisotopic (exact) mass is 390 g/mol. The molecule has 148 valence electrons. The van der Waals surface area contributed by atoms with Crippen LogP contribution in [0.3, 0.4) is 0 Å². The fraction of sp³-hybridized carbons (Fsp3) is 0.217. The minimum atomic E-state index is -0.700. The molecule has 2 heterocycles. The summed E-state index contributed by atoms with van der Waals surface area (Å²) in [6, 6.07) is 20.9. The summed E-state index contributed by atoms with van der Waals surface area (Å²) in [6.07, 6.45) is 1.02. The van der Waals surface area contributed by atoms with Crippen LogP contribution in [0.5, 0.6) is 11.5 Å². The number of carbonyl (C=O) groups is 1. The molecule has 29 heavy (non-hydrogen) atoms. The van der Waals surface area contributed by atoms with E-state index in [1.807, 2.05) is 66.7 Å². The number of pyridine rings is 1. The van der Waals surface area contributed by atoms with Crippen molar-refractivity contribution in [2.45, 2.75) is 19.2 Å². The smallest absolute Gasteiger partial charge is 0.256 e. The number of methoxy groups -OCH3 is 1. The van der Waals surface area contributed by atoms with Crippen LogP contribution in [-0.4, -0.2) is 29.7 Å². The minimum Gasteiger partial charge on any atom is -0.454 e. The molecule has 6 heteroatoms. The number of rotatable bonds is 7. The van der Waals surface area contributed by atoms with Gasteiger partial charge in [-0.2, -0.15) is 0 Å². The highest BCUT2D eigenvalue weighted by Gasteiger charge is 2.28. The van der Waals surface area contributed by atoms with Crippen LogP contribution in [0.15, 0.2) is 72.9 Å². The number of nitrogens with zero attached hydrogens (tertiary/aromatic N) is 2. The summed E-state index contributed by atoms with van der Waals surface area (Å²) in [5.41, 5.74) is 2.49. The molecule has 1 aliphatic rings. The van der Waals surface area contributed by atoms with E-state index in [0.717, 1.165) is 16.8 Å². The van der Waals surface area contributed by atoms with Crippen molar-refractivity contribution in [2.24, 2.45) is 0 Å². The van der Waals surface area contributed by atoms with E-state index >= 15 is 0 Å². The van der Waals surface area contributed by atoms with Gasteiger partial charge in [-0.3, -0.25) is 9.78 Å². The zero-order valence-electron chi connectivity index (χ0n) is 16.2. The van der Waals surface area contributed by atoms with Crippen LogP contribution in [0.25, 0.3) is 0 Å². The van der Waals surface area contributed by atoms with Crippen molar-refractivity contribution < 1.29 is 19.0 Å². The lowest BCUT2D eigenvalue weighted by Gasteiger charge is -2.27. The molecule has 1 aromatic heterocycles. The van der Waals surface area contributed by atoms with Gasteiger partial charge >= 0.3 is 0 Å². The van der Waals surface area contributed by atoms with E-state index in [1.165, 1.54) is 0 Å². The predicted octanol–water partition coefficient (Wildman–Crippen LogP) is 3.73. The summed E-state index contributed by atoms with van der Waals surface area (Å²) in [7, 11) is 1.55. The SMILES string of the molecule is CO[C@@H](C(=O)N(Cc1ccccn1)Cc1cccc2c1OCO2)c1ccccc1. The lowest BCUT2D eigenvalue weighted by molar-refractivity contribution is -0.143. The maximum Gasteiger partial charge on any atom is 0.256 e. The molecular weight excluding hydrogens is 368 g/mol. The summed E-state index contributed by atoms with van der Waals surface area (Å²) in [5.74, 6) is 1.24. The molecule has 1 aliphatic heterocycles. The second-order valence-electron chi connectivity index (χ2n) is 6.69. The molecular formula is C23H22N2O4. The Hall–Kier alpha value is -3.38. The Morgan fingerprint density at radius 1 is 1.03 bits per heavy atom. The maximum absolute atomic E-state index is 13.5. The molecule has 6 nitrogen and oxygen atoms in total. The van der Waals surface area contributed by atoms with Crippen LogP contribution in [0.4, 0.5) is 0 Å². The highest BCUT2D eigenvalue weighted by molar-refractivity contribution is 5.82. The Morgan fingerprint density at radius 3 is 2.62 bits per heavy atom. The zero-order chi connectivity index (χ0) is 20.1. The molecule has 0 radical (unpaired) electrons. The average molecular weight is 390 g/mol.